The van der Waals surface area contributed by atoms with E-state index < -0.39 is 0 Å². The Labute approximate surface area is 96.8 Å². The van der Waals surface area contributed by atoms with Gasteiger partial charge in [-0.1, -0.05) is 41.0 Å². The number of fused-ring (bicyclic) bond motifs is 2. The first-order valence-electron chi connectivity index (χ1n) is 7.11. The summed E-state index contributed by atoms with van der Waals surface area (Å²) in [7, 11) is 0. The molecule has 2 saturated carbocycles. The zero-order valence-corrected chi connectivity index (χ0v) is 11.5. The van der Waals surface area contributed by atoms with Crippen molar-refractivity contribution in [2.45, 2.75) is 73.1 Å². The van der Waals surface area contributed by atoms with Gasteiger partial charge in [0, 0.05) is 0 Å². The van der Waals surface area contributed by atoms with Crippen molar-refractivity contribution < 1.29 is 0 Å². The summed E-state index contributed by atoms with van der Waals surface area (Å²) in [5.41, 5.74) is 0.723. The molecular formula is C15H30. The van der Waals surface area contributed by atoms with Crippen LogP contribution < -0.4 is 0 Å². The highest BCUT2D eigenvalue weighted by molar-refractivity contribution is 4.92. The summed E-state index contributed by atoms with van der Waals surface area (Å²) < 4.78 is 0. The quantitative estimate of drug-likeness (QED) is 0.552. The summed E-state index contributed by atoms with van der Waals surface area (Å²) in [6.45, 7) is 11.4. The van der Waals surface area contributed by atoms with E-state index in [1.165, 1.54) is 38.5 Å². The molecule has 4 unspecified atom stereocenters. The first kappa shape index (κ1) is 13.1. The molecular weight excluding hydrogens is 180 g/mol. The van der Waals surface area contributed by atoms with E-state index >= 15 is 0 Å². The Balaban J connectivity index is 0.000000531. The van der Waals surface area contributed by atoms with Crippen LogP contribution in [0.15, 0.2) is 0 Å². The van der Waals surface area contributed by atoms with Crippen LogP contribution in [0.5, 0.6) is 0 Å². The molecule has 0 heteroatoms. The fourth-order valence-corrected chi connectivity index (χ4v) is 4.27. The Morgan fingerprint density at radius 3 is 2.27 bits per heavy atom. The van der Waals surface area contributed by atoms with E-state index in [0.29, 0.717) is 0 Å². The molecule has 0 aromatic carbocycles. The van der Waals surface area contributed by atoms with Crippen LogP contribution in [-0.2, 0) is 0 Å². The van der Waals surface area contributed by atoms with Gasteiger partial charge in [0.05, 0.1) is 0 Å². The first-order chi connectivity index (χ1) is 7.11. The topological polar surface area (TPSA) is 0 Å². The van der Waals surface area contributed by atoms with Gasteiger partial charge in [-0.3, -0.25) is 0 Å². The second kappa shape index (κ2) is 5.37. The molecule has 0 radical (unpaired) electrons. The average Bonchev–Trinajstić information content (AvgIpc) is 2.17. The normalized spacial score (nSPS) is 44.2. The van der Waals surface area contributed by atoms with Crippen LogP contribution in [0.2, 0.25) is 0 Å². The molecule has 2 aliphatic carbocycles. The molecule has 0 saturated heterocycles. The molecule has 0 nitrogen and oxygen atoms in total. The van der Waals surface area contributed by atoms with E-state index in [0.717, 1.165) is 23.2 Å². The molecule has 4 atom stereocenters. The predicted molar refractivity (Wildman–Crippen MR) is 69.0 cm³/mol. The summed E-state index contributed by atoms with van der Waals surface area (Å²) in [4.78, 5) is 0. The molecule has 0 N–H and O–H groups in total. The third-order valence-electron chi connectivity index (χ3n) is 4.38. The van der Waals surface area contributed by atoms with Gasteiger partial charge in [-0.2, -0.15) is 0 Å². The van der Waals surface area contributed by atoms with Crippen LogP contribution in [0.3, 0.4) is 0 Å². The fourth-order valence-electron chi connectivity index (χ4n) is 4.27. The highest BCUT2D eigenvalue weighted by atomic mass is 14.5. The molecule has 0 aromatic heterocycles. The highest BCUT2D eigenvalue weighted by Gasteiger charge is 2.41. The van der Waals surface area contributed by atoms with Crippen molar-refractivity contribution in [3.05, 3.63) is 0 Å². The minimum absolute atomic E-state index is 0.723. The maximum Gasteiger partial charge on any atom is -0.0318 e. The predicted octanol–water partition coefficient (Wildman–Crippen LogP) is 5.28. The molecule has 2 fully saturated rings. The lowest BCUT2D eigenvalue weighted by Crippen LogP contribution is -2.37. The van der Waals surface area contributed by atoms with Gasteiger partial charge in [0.25, 0.3) is 0 Å². The number of hydrogen-bond donors (Lipinski definition) is 0. The third kappa shape index (κ3) is 3.23. The lowest BCUT2D eigenvalue weighted by molar-refractivity contribution is 0.0266. The molecule has 15 heavy (non-hydrogen) atoms. The van der Waals surface area contributed by atoms with Crippen molar-refractivity contribution in [1.29, 1.82) is 0 Å². The van der Waals surface area contributed by atoms with Crippen molar-refractivity contribution in [3.8, 4) is 0 Å². The van der Waals surface area contributed by atoms with E-state index in [-0.39, 0.29) is 0 Å². The van der Waals surface area contributed by atoms with Gasteiger partial charge in [0.15, 0.2) is 0 Å². The molecule has 2 bridgehead atoms. The third-order valence-corrected chi connectivity index (χ3v) is 4.38. The zero-order valence-electron chi connectivity index (χ0n) is 11.5. The van der Waals surface area contributed by atoms with Crippen LogP contribution in [0.1, 0.15) is 73.1 Å². The minimum atomic E-state index is 0.723. The largest absolute Gasteiger partial charge is 0.0683 e. The van der Waals surface area contributed by atoms with Crippen molar-refractivity contribution in [1.82, 2.24) is 0 Å². The molecule has 2 aliphatic rings. The lowest BCUT2D eigenvalue weighted by Gasteiger charge is -2.48. The monoisotopic (exact) mass is 210 g/mol. The van der Waals surface area contributed by atoms with Gasteiger partial charge in [-0.05, 0) is 55.3 Å². The van der Waals surface area contributed by atoms with Crippen molar-refractivity contribution in [3.63, 3.8) is 0 Å². The lowest BCUT2D eigenvalue weighted by atomic mass is 9.57. The zero-order chi connectivity index (χ0) is 11.5. The summed E-state index contributed by atoms with van der Waals surface area (Å²) in [6.07, 6.45) is 9.03. The van der Waals surface area contributed by atoms with Crippen LogP contribution in [-0.4, -0.2) is 0 Å². The van der Waals surface area contributed by atoms with E-state index in [2.05, 4.69) is 20.8 Å². The van der Waals surface area contributed by atoms with E-state index in [1.54, 1.807) is 0 Å². The summed E-state index contributed by atoms with van der Waals surface area (Å²) >= 11 is 0. The Kier molecular flexibility index (Phi) is 4.67. The van der Waals surface area contributed by atoms with E-state index in [1.807, 2.05) is 13.8 Å². The second-order valence-electron chi connectivity index (χ2n) is 6.14. The van der Waals surface area contributed by atoms with E-state index in [4.69, 9.17) is 0 Å². The van der Waals surface area contributed by atoms with Crippen LogP contribution >= 0.6 is 0 Å². The van der Waals surface area contributed by atoms with Gasteiger partial charge >= 0.3 is 0 Å². The van der Waals surface area contributed by atoms with Crippen molar-refractivity contribution >= 4 is 0 Å². The highest BCUT2D eigenvalue weighted by Crippen LogP contribution is 2.52. The molecule has 0 amide bonds. The van der Waals surface area contributed by atoms with Gasteiger partial charge < -0.3 is 0 Å². The maximum absolute atomic E-state index is 2.54. The Morgan fingerprint density at radius 1 is 1.07 bits per heavy atom. The molecule has 0 aromatic rings. The van der Waals surface area contributed by atoms with Crippen molar-refractivity contribution in [2.75, 3.05) is 0 Å². The van der Waals surface area contributed by atoms with Crippen LogP contribution in [0.4, 0.5) is 0 Å². The van der Waals surface area contributed by atoms with Crippen LogP contribution in [0, 0.1) is 23.2 Å². The molecule has 90 valence electrons. The smallest absolute Gasteiger partial charge is 0.0318 e. The average molecular weight is 210 g/mol. The van der Waals surface area contributed by atoms with Gasteiger partial charge in [0.2, 0.25) is 0 Å². The number of rotatable bonds is 1. The van der Waals surface area contributed by atoms with Crippen LogP contribution in [0.25, 0.3) is 0 Å². The summed E-state index contributed by atoms with van der Waals surface area (Å²) in [6, 6.07) is 0. The Bertz CT molecular complexity index is 180. The maximum atomic E-state index is 2.54. The minimum Gasteiger partial charge on any atom is -0.0683 e. The Morgan fingerprint density at radius 2 is 1.73 bits per heavy atom. The summed E-state index contributed by atoms with van der Waals surface area (Å²) in [5, 5.41) is 0. The second-order valence-corrected chi connectivity index (χ2v) is 6.14. The molecule has 0 spiro atoms. The standard InChI is InChI=1S/C13H24.C2H6/c1-4-11-6-12-5-10(2)7-13(3,8-11)9-12;1-2/h10-12H,4-9H2,1-3H3;1-2H3. The fraction of sp³-hybridized carbons (Fsp3) is 1.00. The Hall–Kier alpha value is 0. The number of hydrogen-bond acceptors (Lipinski definition) is 0. The SMILES string of the molecule is CC.CCC1CC2CC(C)CC(C)(C1)C2. The van der Waals surface area contributed by atoms with Gasteiger partial charge in [-0.25, -0.2) is 0 Å². The first-order valence-corrected chi connectivity index (χ1v) is 7.11. The molecule has 2 rings (SSSR count). The molecule has 0 heterocycles. The summed E-state index contributed by atoms with van der Waals surface area (Å²) in [5.74, 6) is 3.13. The molecule has 0 aliphatic heterocycles. The van der Waals surface area contributed by atoms with Crippen molar-refractivity contribution in [2.24, 2.45) is 23.2 Å². The van der Waals surface area contributed by atoms with Gasteiger partial charge in [-0.15, -0.1) is 0 Å². The van der Waals surface area contributed by atoms with E-state index in [9.17, 15) is 0 Å². The van der Waals surface area contributed by atoms with Gasteiger partial charge in [0.1, 0.15) is 0 Å².